The van der Waals surface area contributed by atoms with E-state index < -0.39 is 0 Å². The largest absolute Gasteiger partial charge is 0.490 e. The number of ether oxygens (including phenoxy) is 1. The van der Waals surface area contributed by atoms with Crippen LogP contribution < -0.4 is 10.1 Å². The minimum Gasteiger partial charge on any atom is -0.490 e. The highest BCUT2D eigenvalue weighted by Gasteiger charge is 2.19. The first kappa shape index (κ1) is 11.1. The molecule has 0 radical (unpaired) electrons. The second kappa shape index (κ2) is 5.09. The quantitative estimate of drug-likeness (QED) is 0.860. The molecule has 1 aliphatic carbocycles. The Morgan fingerprint density at radius 2 is 1.94 bits per heavy atom. The van der Waals surface area contributed by atoms with Crippen molar-refractivity contribution in [2.24, 2.45) is 0 Å². The van der Waals surface area contributed by atoms with E-state index in [1.807, 2.05) is 0 Å². The lowest BCUT2D eigenvalue weighted by atomic mass is 10.1. The van der Waals surface area contributed by atoms with Gasteiger partial charge in [0.2, 0.25) is 0 Å². The molecule has 2 nitrogen and oxygen atoms in total. The van der Waals surface area contributed by atoms with Crippen LogP contribution in [0.2, 0.25) is 0 Å². The molecule has 0 amide bonds. The Hall–Kier alpha value is -1.02. The van der Waals surface area contributed by atoms with Crippen LogP contribution in [-0.2, 0) is 0 Å². The third-order valence-corrected chi connectivity index (χ3v) is 3.93. The Balaban J connectivity index is 1.69. The number of hydrogen-bond donors (Lipinski definition) is 1. The summed E-state index contributed by atoms with van der Waals surface area (Å²) in [5, 5.41) is 3.54. The van der Waals surface area contributed by atoms with Gasteiger partial charge in [0.15, 0.2) is 0 Å². The highest BCUT2D eigenvalue weighted by atomic mass is 16.5. The highest BCUT2D eigenvalue weighted by Crippen LogP contribution is 2.28. The summed E-state index contributed by atoms with van der Waals surface area (Å²) in [6.45, 7) is 1.15. The maximum absolute atomic E-state index is 6.05. The molecule has 1 N–H and O–H groups in total. The van der Waals surface area contributed by atoms with E-state index in [4.69, 9.17) is 4.74 Å². The van der Waals surface area contributed by atoms with Gasteiger partial charge in [-0.05, 0) is 62.8 Å². The first-order chi connectivity index (χ1) is 8.42. The summed E-state index contributed by atoms with van der Waals surface area (Å²) in [6, 6.07) is 9.20. The van der Waals surface area contributed by atoms with Crippen LogP contribution in [0.15, 0.2) is 24.3 Å². The molecule has 17 heavy (non-hydrogen) atoms. The van der Waals surface area contributed by atoms with Gasteiger partial charge in [-0.1, -0.05) is 12.1 Å². The maximum atomic E-state index is 6.05. The van der Waals surface area contributed by atoms with E-state index in [1.54, 1.807) is 0 Å². The number of rotatable bonds is 3. The second-order valence-corrected chi connectivity index (χ2v) is 5.25. The minimum absolute atomic E-state index is 0.460. The van der Waals surface area contributed by atoms with Crippen molar-refractivity contribution in [3.8, 4) is 5.75 Å². The van der Waals surface area contributed by atoms with Gasteiger partial charge in [0.1, 0.15) is 5.75 Å². The molecule has 1 unspecified atom stereocenters. The Morgan fingerprint density at radius 3 is 2.71 bits per heavy atom. The molecule has 1 heterocycles. The van der Waals surface area contributed by atoms with E-state index in [9.17, 15) is 0 Å². The second-order valence-electron chi connectivity index (χ2n) is 5.25. The number of benzene rings is 1. The monoisotopic (exact) mass is 231 g/mol. The fourth-order valence-electron chi connectivity index (χ4n) is 2.97. The summed E-state index contributed by atoms with van der Waals surface area (Å²) >= 11 is 0. The third-order valence-electron chi connectivity index (χ3n) is 3.93. The average Bonchev–Trinajstić information content (AvgIpc) is 3.01. The van der Waals surface area contributed by atoms with Crippen molar-refractivity contribution in [2.45, 2.75) is 50.7 Å². The number of hydrogen-bond acceptors (Lipinski definition) is 2. The molecule has 3 rings (SSSR count). The van der Waals surface area contributed by atoms with Gasteiger partial charge in [-0.2, -0.15) is 0 Å². The lowest BCUT2D eigenvalue weighted by Crippen LogP contribution is -2.14. The molecule has 1 saturated heterocycles. The van der Waals surface area contributed by atoms with Crippen LogP contribution >= 0.6 is 0 Å². The van der Waals surface area contributed by atoms with E-state index >= 15 is 0 Å². The van der Waals surface area contributed by atoms with Crippen LogP contribution in [0.4, 0.5) is 0 Å². The SMILES string of the molecule is c1cc(OC2CCCC2)cc(C2CCCN2)c1. The molecule has 0 bridgehead atoms. The zero-order valence-electron chi connectivity index (χ0n) is 10.3. The van der Waals surface area contributed by atoms with Gasteiger partial charge in [-0.15, -0.1) is 0 Å². The van der Waals surface area contributed by atoms with Crippen LogP contribution in [0.1, 0.15) is 50.1 Å². The summed E-state index contributed by atoms with van der Waals surface area (Å²) in [6.07, 6.45) is 8.12. The molecule has 1 atom stereocenters. The van der Waals surface area contributed by atoms with E-state index in [2.05, 4.69) is 29.6 Å². The van der Waals surface area contributed by atoms with Gasteiger partial charge in [-0.25, -0.2) is 0 Å². The lowest BCUT2D eigenvalue weighted by Gasteiger charge is -2.16. The van der Waals surface area contributed by atoms with Crippen molar-refractivity contribution >= 4 is 0 Å². The third kappa shape index (κ3) is 2.63. The summed E-state index contributed by atoms with van der Waals surface area (Å²) < 4.78 is 6.05. The summed E-state index contributed by atoms with van der Waals surface area (Å²) in [7, 11) is 0. The van der Waals surface area contributed by atoms with E-state index in [0.717, 1.165) is 12.3 Å². The topological polar surface area (TPSA) is 21.3 Å². The van der Waals surface area contributed by atoms with Crippen LogP contribution in [0.3, 0.4) is 0 Å². The molecule has 1 aromatic rings. The molecule has 2 heteroatoms. The van der Waals surface area contributed by atoms with Gasteiger partial charge in [0.25, 0.3) is 0 Å². The first-order valence-electron chi connectivity index (χ1n) is 6.92. The van der Waals surface area contributed by atoms with E-state index in [1.165, 1.54) is 44.1 Å². The van der Waals surface area contributed by atoms with Crippen LogP contribution in [0, 0.1) is 0 Å². The predicted molar refractivity (Wildman–Crippen MR) is 69.3 cm³/mol. The lowest BCUT2D eigenvalue weighted by molar-refractivity contribution is 0.209. The van der Waals surface area contributed by atoms with Crippen LogP contribution in [0.5, 0.6) is 5.75 Å². The van der Waals surface area contributed by atoms with Crippen molar-refractivity contribution in [2.75, 3.05) is 6.54 Å². The zero-order valence-corrected chi connectivity index (χ0v) is 10.3. The molecular weight excluding hydrogens is 210 g/mol. The molecule has 2 fully saturated rings. The Kier molecular flexibility index (Phi) is 3.32. The normalized spacial score (nSPS) is 25.3. The fraction of sp³-hybridized carbons (Fsp3) is 0.600. The molecule has 0 aromatic heterocycles. The minimum atomic E-state index is 0.460. The smallest absolute Gasteiger partial charge is 0.120 e. The fourth-order valence-corrected chi connectivity index (χ4v) is 2.97. The van der Waals surface area contributed by atoms with Gasteiger partial charge < -0.3 is 10.1 Å². The Bertz CT molecular complexity index is 365. The first-order valence-corrected chi connectivity index (χ1v) is 6.92. The standard InChI is InChI=1S/C15H21NO/c1-2-7-13(6-1)17-14-8-3-5-12(11-14)15-9-4-10-16-15/h3,5,8,11,13,15-16H,1-2,4,6-7,9-10H2. The van der Waals surface area contributed by atoms with Crippen LogP contribution in [-0.4, -0.2) is 12.6 Å². The summed E-state index contributed by atoms with van der Waals surface area (Å²) in [5.41, 5.74) is 1.39. The molecule has 1 saturated carbocycles. The van der Waals surface area contributed by atoms with Crippen molar-refractivity contribution in [1.82, 2.24) is 5.32 Å². The highest BCUT2D eigenvalue weighted by molar-refractivity contribution is 5.31. The van der Waals surface area contributed by atoms with Crippen LogP contribution in [0.25, 0.3) is 0 Å². The molecule has 1 aliphatic heterocycles. The van der Waals surface area contributed by atoms with Crippen molar-refractivity contribution in [3.63, 3.8) is 0 Å². The molecule has 0 spiro atoms. The van der Waals surface area contributed by atoms with Gasteiger partial charge >= 0.3 is 0 Å². The Morgan fingerprint density at radius 1 is 1.06 bits per heavy atom. The molecule has 2 aliphatic rings. The van der Waals surface area contributed by atoms with E-state index in [-0.39, 0.29) is 0 Å². The average molecular weight is 231 g/mol. The Labute approximate surface area is 103 Å². The molecule has 1 aromatic carbocycles. The van der Waals surface area contributed by atoms with Crippen molar-refractivity contribution in [1.29, 1.82) is 0 Å². The summed E-state index contributed by atoms with van der Waals surface area (Å²) in [4.78, 5) is 0. The van der Waals surface area contributed by atoms with Gasteiger partial charge in [0.05, 0.1) is 6.10 Å². The predicted octanol–water partition coefficient (Wildman–Crippen LogP) is 3.43. The summed E-state index contributed by atoms with van der Waals surface area (Å²) in [5.74, 6) is 1.06. The van der Waals surface area contributed by atoms with E-state index in [0.29, 0.717) is 12.1 Å². The van der Waals surface area contributed by atoms with Gasteiger partial charge in [0, 0.05) is 6.04 Å². The van der Waals surface area contributed by atoms with Crippen molar-refractivity contribution in [3.05, 3.63) is 29.8 Å². The maximum Gasteiger partial charge on any atom is 0.120 e. The van der Waals surface area contributed by atoms with Crippen molar-refractivity contribution < 1.29 is 4.74 Å². The zero-order chi connectivity index (χ0) is 11.5. The molecule has 92 valence electrons. The van der Waals surface area contributed by atoms with Gasteiger partial charge in [-0.3, -0.25) is 0 Å². The molecular formula is C15H21NO. The number of nitrogens with one attached hydrogen (secondary N) is 1.